The molecule has 8 nitrogen and oxygen atoms in total. The van der Waals surface area contributed by atoms with Crippen LogP contribution >= 0.6 is 0 Å². The fourth-order valence-electron chi connectivity index (χ4n) is 3.94. The molecule has 1 saturated carbocycles. The maximum absolute atomic E-state index is 13.1. The van der Waals surface area contributed by atoms with Crippen LogP contribution in [0.4, 0.5) is 0 Å². The van der Waals surface area contributed by atoms with E-state index in [-0.39, 0.29) is 18.4 Å². The number of nitrogens with zero attached hydrogens (tertiary/aromatic N) is 5. The van der Waals surface area contributed by atoms with E-state index in [1.165, 1.54) is 17.7 Å². The van der Waals surface area contributed by atoms with Gasteiger partial charge in [-0.3, -0.25) is 14.2 Å². The molecule has 31 heavy (non-hydrogen) atoms. The van der Waals surface area contributed by atoms with Gasteiger partial charge in [0.25, 0.3) is 5.91 Å². The fourth-order valence-corrected chi connectivity index (χ4v) is 3.94. The number of amides is 2. The molecule has 1 aromatic carbocycles. The van der Waals surface area contributed by atoms with E-state index in [1.807, 2.05) is 18.2 Å². The molecule has 0 saturated heterocycles. The molecule has 0 unspecified atom stereocenters. The number of carbonyl (C=O) groups excluding carboxylic acids is 2. The van der Waals surface area contributed by atoms with Crippen molar-refractivity contribution in [1.29, 1.82) is 0 Å². The summed E-state index contributed by atoms with van der Waals surface area (Å²) in [6, 6.07) is 11.9. The minimum absolute atomic E-state index is 0.0697. The lowest BCUT2D eigenvalue weighted by Crippen LogP contribution is -2.36. The zero-order chi connectivity index (χ0) is 21.5. The number of likely N-dealkylation sites (N-methyl/N-ethyl adjacent to an activating group) is 1. The van der Waals surface area contributed by atoms with Gasteiger partial charge in [0.1, 0.15) is 5.69 Å². The largest absolute Gasteiger partial charge is 0.347 e. The number of rotatable bonds is 6. The van der Waals surface area contributed by atoms with Crippen LogP contribution in [0, 0.1) is 5.92 Å². The summed E-state index contributed by atoms with van der Waals surface area (Å²) in [4.78, 5) is 35.4. The van der Waals surface area contributed by atoms with Crippen LogP contribution in [-0.2, 0) is 11.3 Å². The molecule has 0 radical (unpaired) electrons. The van der Waals surface area contributed by atoms with Crippen molar-refractivity contribution in [1.82, 2.24) is 29.3 Å². The molecule has 1 N–H and O–H groups in total. The highest BCUT2D eigenvalue weighted by atomic mass is 16.2. The quantitative estimate of drug-likeness (QED) is 0.524. The molecule has 5 rings (SSSR count). The van der Waals surface area contributed by atoms with Gasteiger partial charge in [-0.05, 0) is 37.0 Å². The lowest BCUT2D eigenvalue weighted by Gasteiger charge is -2.12. The molecule has 3 heterocycles. The summed E-state index contributed by atoms with van der Waals surface area (Å²) >= 11 is 0. The summed E-state index contributed by atoms with van der Waals surface area (Å²) in [6.45, 7) is 0.851. The Morgan fingerprint density at radius 3 is 2.55 bits per heavy atom. The Kier molecular flexibility index (Phi) is 4.69. The van der Waals surface area contributed by atoms with Crippen LogP contribution < -0.4 is 5.32 Å². The third-order valence-corrected chi connectivity index (χ3v) is 5.74. The third kappa shape index (κ3) is 3.43. The van der Waals surface area contributed by atoms with E-state index in [2.05, 4.69) is 32.0 Å². The van der Waals surface area contributed by atoms with Crippen LogP contribution in [0.1, 0.15) is 23.3 Å². The van der Waals surface area contributed by atoms with Gasteiger partial charge in [0.05, 0.1) is 23.1 Å². The highest BCUT2D eigenvalue weighted by Gasteiger charge is 2.28. The average molecular weight is 416 g/mol. The van der Waals surface area contributed by atoms with Crippen LogP contribution in [0.3, 0.4) is 0 Å². The number of fused-ring (bicyclic) bond motifs is 3. The number of hydrogen-bond donors (Lipinski definition) is 1. The molecule has 1 aliphatic rings. The van der Waals surface area contributed by atoms with E-state index in [0.29, 0.717) is 17.6 Å². The summed E-state index contributed by atoms with van der Waals surface area (Å²) in [6.07, 6.45) is 5.79. The Bertz CT molecular complexity index is 1280. The van der Waals surface area contributed by atoms with E-state index in [1.54, 1.807) is 37.1 Å². The monoisotopic (exact) mass is 416 g/mol. The van der Waals surface area contributed by atoms with Gasteiger partial charge in [0.15, 0.2) is 0 Å². The Hall–Kier alpha value is -3.68. The molecular formula is C23H24N6O2. The van der Waals surface area contributed by atoms with E-state index in [0.717, 1.165) is 28.5 Å². The maximum Gasteiger partial charge on any atom is 0.268 e. The van der Waals surface area contributed by atoms with E-state index in [9.17, 15) is 9.59 Å². The van der Waals surface area contributed by atoms with Crippen molar-refractivity contribution in [3.63, 3.8) is 0 Å². The zero-order valence-corrected chi connectivity index (χ0v) is 17.6. The van der Waals surface area contributed by atoms with Crippen molar-refractivity contribution in [3.8, 4) is 5.95 Å². The highest BCUT2D eigenvalue weighted by Crippen LogP contribution is 2.37. The smallest absolute Gasteiger partial charge is 0.268 e. The van der Waals surface area contributed by atoms with Crippen molar-refractivity contribution in [2.24, 2.45) is 5.92 Å². The minimum atomic E-state index is -0.332. The van der Waals surface area contributed by atoms with Crippen LogP contribution in [-0.4, -0.2) is 56.5 Å². The number of aromatic nitrogens is 4. The SMILES string of the molecule is CN(C)C(=O)CNC(=O)c1cc2c(c3ccccc3n2CC2CC2)n1-c1ncccn1. The molecule has 3 aromatic heterocycles. The predicted molar refractivity (Wildman–Crippen MR) is 118 cm³/mol. The Labute approximate surface area is 179 Å². The molecular weight excluding hydrogens is 392 g/mol. The number of carbonyl (C=O) groups is 2. The second-order valence-electron chi connectivity index (χ2n) is 8.19. The number of nitrogens with one attached hydrogen (secondary N) is 1. The Balaban J connectivity index is 1.70. The molecule has 0 spiro atoms. The van der Waals surface area contributed by atoms with Crippen LogP contribution in [0.25, 0.3) is 27.9 Å². The summed E-state index contributed by atoms with van der Waals surface area (Å²) in [5, 5.41) is 3.80. The van der Waals surface area contributed by atoms with Gasteiger partial charge in [-0.1, -0.05) is 18.2 Å². The molecule has 2 amide bonds. The summed E-state index contributed by atoms with van der Waals surface area (Å²) in [7, 11) is 3.33. The second kappa shape index (κ2) is 7.54. The van der Waals surface area contributed by atoms with Gasteiger partial charge >= 0.3 is 0 Å². The van der Waals surface area contributed by atoms with Crippen molar-refractivity contribution in [3.05, 3.63) is 54.5 Å². The predicted octanol–water partition coefficient (Wildman–Crippen LogP) is 2.60. The number of benzene rings is 1. The van der Waals surface area contributed by atoms with Gasteiger partial charge in [0, 0.05) is 38.4 Å². The molecule has 4 aromatic rings. The van der Waals surface area contributed by atoms with Gasteiger partial charge in [0.2, 0.25) is 11.9 Å². The zero-order valence-electron chi connectivity index (χ0n) is 17.6. The molecule has 0 atom stereocenters. The lowest BCUT2D eigenvalue weighted by atomic mass is 10.2. The topological polar surface area (TPSA) is 85.0 Å². The van der Waals surface area contributed by atoms with E-state index >= 15 is 0 Å². The summed E-state index contributed by atoms with van der Waals surface area (Å²) in [5.74, 6) is 0.595. The summed E-state index contributed by atoms with van der Waals surface area (Å²) in [5.41, 5.74) is 3.44. The first kappa shape index (κ1) is 19.3. The van der Waals surface area contributed by atoms with E-state index in [4.69, 9.17) is 0 Å². The molecule has 0 bridgehead atoms. The lowest BCUT2D eigenvalue weighted by molar-refractivity contribution is -0.127. The fraction of sp³-hybridized carbons (Fsp3) is 0.304. The minimum Gasteiger partial charge on any atom is -0.347 e. The van der Waals surface area contributed by atoms with Crippen LogP contribution in [0.2, 0.25) is 0 Å². The first-order valence-electron chi connectivity index (χ1n) is 10.4. The summed E-state index contributed by atoms with van der Waals surface area (Å²) < 4.78 is 4.10. The molecule has 0 aliphatic heterocycles. The maximum atomic E-state index is 13.1. The number of para-hydroxylation sites is 1. The van der Waals surface area contributed by atoms with Gasteiger partial charge in [-0.15, -0.1) is 0 Å². The van der Waals surface area contributed by atoms with Crippen molar-refractivity contribution >= 4 is 33.8 Å². The van der Waals surface area contributed by atoms with E-state index < -0.39 is 0 Å². The molecule has 158 valence electrons. The molecule has 1 aliphatic carbocycles. The third-order valence-electron chi connectivity index (χ3n) is 5.74. The van der Waals surface area contributed by atoms with Crippen LogP contribution in [0.5, 0.6) is 0 Å². The molecule has 1 fully saturated rings. The van der Waals surface area contributed by atoms with Gasteiger partial charge in [-0.2, -0.15) is 0 Å². The second-order valence-corrected chi connectivity index (χ2v) is 8.19. The van der Waals surface area contributed by atoms with Crippen molar-refractivity contribution < 1.29 is 9.59 Å². The Morgan fingerprint density at radius 2 is 1.84 bits per heavy atom. The normalized spacial score (nSPS) is 13.6. The van der Waals surface area contributed by atoms with Crippen molar-refractivity contribution in [2.75, 3.05) is 20.6 Å². The first-order valence-corrected chi connectivity index (χ1v) is 10.4. The first-order chi connectivity index (χ1) is 15.0. The van der Waals surface area contributed by atoms with Gasteiger partial charge < -0.3 is 14.8 Å². The average Bonchev–Trinajstić information content (AvgIpc) is 3.45. The standard InChI is InChI=1S/C23H24N6O2/c1-27(2)20(30)13-26-22(31)19-12-18-21(29(19)23-24-10-5-11-25-23)16-6-3-4-7-17(16)28(18)14-15-8-9-15/h3-7,10-12,15H,8-9,13-14H2,1-2H3,(H,26,31). The van der Waals surface area contributed by atoms with Gasteiger partial charge in [-0.25, -0.2) is 9.97 Å². The number of hydrogen-bond acceptors (Lipinski definition) is 4. The Morgan fingerprint density at radius 1 is 1.10 bits per heavy atom. The molecule has 8 heteroatoms. The van der Waals surface area contributed by atoms with Crippen molar-refractivity contribution in [2.45, 2.75) is 19.4 Å². The highest BCUT2D eigenvalue weighted by molar-refractivity contribution is 6.11. The van der Waals surface area contributed by atoms with Crippen LogP contribution in [0.15, 0.2) is 48.8 Å².